The van der Waals surface area contributed by atoms with Crippen LogP contribution in [0.15, 0.2) is 36.7 Å². The van der Waals surface area contributed by atoms with Gasteiger partial charge in [-0.05, 0) is 39.8 Å². The fourth-order valence-corrected chi connectivity index (χ4v) is 2.12. The highest BCUT2D eigenvalue weighted by Crippen LogP contribution is 2.26. The first-order valence-corrected chi connectivity index (χ1v) is 7.94. The lowest BCUT2D eigenvalue weighted by Crippen LogP contribution is -2.33. The van der Waals surface area contributed by atoms with Gasteiger partial charge in [0.15, 0.2) is 11.5 Å². The van der Waals surface area contributed by atoms with E-state index in [1.807, 2.05) is 52.0 Å². The first kappa shape index (κ1) is 17.8. The topological polar surface area (TPSA) is 65.4 Å². The van der Waals surface area contributed by atoms with Crippen LogP contribution in [-0.2, 0) is 5.54 Å². The summed E-state index contributed by atoms with van der Waals surface area (Å²) in [5, 5.41) is 7.10. The van der Waals surface area contributed by atoms with E-state index in [1.54, 1.807) is 24.2 Å². The maximum atomic E-state index is 12.2. The molecule has 1 heterocycles. The van der Waals surface area contributed by atoms with Crippen molar-refractivity contribution in [3.63, 3.8) is 0 Å². The monoisotopic (exact) mass is 331 g/mol. The number of carbonyl (C=O) groups excluding carboxylic acids is 1. The van der Waals surface area contributed by atoms with Crippen molar-refractivity contribution in [1.29, 1.82) is 0 Å². The van der Waals surface area contributed by atoms with Gasteiger partial charge in [0.25, 0.3) is 5.91 Å². The van der Waals surface area contributed by atoms with Crippen molar-refractivity contribution in [1.82, 2.24) is 15.1 Å². The highest BCUT2D eigenvalue weighted by Gasteiger charge is 2.17. The van der Waals surface area contributed by atoms with Gasteiger partial charge in [-0.25, -0.2) is 0 Å². The summed E-state index contributed by atoms with van der Waals surface area (Å²) < 4.78 is 12.8. The second-order valence-electron chi connectivity index (χ2n) is 6.63. The van der Waals surface area contributed by atoms with Gasteiger partial charge < -0.3 is 14.8 Å². The molecule has 1 atom stereocenters. The molecule has 6 heteroatoms. The zero-order valence-corrected chi connectivity index (χ0v) is 14.9. The molecule has 0 radical (unpaired) electrons. The number of methoxy groups -OCH3 is 1. The third-order valence-corrected chi connectivity index (χ3v) is 3.48. The summed E-state index contributed by atoms with van der Waals surface area (Å²) in [7, 11) is 1.60. The van der Waals surface area contributed by atoms with Crippen LogP contribution >= 0.6 is 0 Å². The lowest BCUT2D eigenvalue weighted by atomic mass is 10.1. The minimum absolute atomic E-state index is 0.154. The van der Waals surface area contributed by atoms with Gasteiger partial charge in [-0.15, -0.1) is 0 Å². The average Bonchev–Trinajstić information content (AvgIpc) is 3.03. The third kappa shape index (κ3) is 4.50. The van der Waals surface area contributed by atoms with Gasteiger partial charge in [0.2, 0.25) is 0 Å². The van der Waals surface area contributed by atoms with Gasteiger partial charge in [-0.1, -0.05) is 12.1 Å². The quantitative estimate of drug-likeness (QED) is 0.884. The predicted molar refractivity (Wildman–Crippen MR) is 92.6 cm³/mol. The molecule has 2 rings (SSSR count). The average molecular weight is 331 g/mol. The number of aromatic nitrogens is 2. The van der Waals surface area contributed by atoms with E-state index in [9.17, 15) is 4.79 Å². The Labute approximate surface area is 142 Å². The van der Waals surface area contributed by atoms with Crippen LogP contribution in [0, 0.1) is 0 Å². The van der Waals surface area contributed by atoms with Crippen LogP contribution in [-0.4, -0.2) is 35.4 Å². The van der Waals surface area contributed by atoms with Gasteiger partial charge in [0.1, 0.15) is 6.10 Å². The van der Waals surface area contributed by atoms with E-state index in [2.05, 4.69) is 10.4 Å². The van der Waals surface area contributed by atoms with Crippen molar-refractivity contribution < 1.29 is 14.3 Å². The van der Waals surface area contributed by atoms with Crippen LogP contribution in [0.2, 0.25) is 0 Å². The molecule has 0 saturated heterocycles. The number of amides is 1. The van der Waals surface area contributed by atoms with Crippen molar-refractivity contribution in [2.75, 3.05) is 13.7 Å². The van der Waals surface area contributed by atoms with Crippen molar-refractivity contribution in [2.24, 2.45) is 0 Å². The fourth-order valence-electron chi connectivity index (χ4n) is 2.12. The molecule has 0 saturated carbocycles. The zero-order chi connectivity index (χ0) is 17.7. The molecule has 6 nitrogen and oxygen atoms in total. The third-order valence-electron chi connectivity index (χ3n) is 3.48. The summed E-state index contributed by atoms with van der Waals surface area (Å²) >= 11 is 0. The number of ether oxygens (including phenoxy) is 2. The molecule has 0 bridgehead atoms. The van der Waals surface area contributed by atoms with Crippen molar-refractivity contribution in [3.8, 4) is 11.5 Å². The number of carbonyl (C=O) groups is 1. The maximum Gasteiger partial charge on any atom is 0.254 e. The van der Waals surface area contributed by atoms with E-state index in [0.717, 1.165) is 0 Å². The van der Waals surface area contributed by atoms with Gasteiger partial charge >= 0.3 is 0 Å². The molecule has 1 N–H and O–H groups in total. The number of nitrogens with one attached hydrogen (secondary N) is 1. The van der Waals surface area contributed by atoms with Gasteiger partial charge in [0, 0.05) is 6.20 Å². The van der Waals surface area contributed by atoms with Crippen LogP contribution in [0.3, 0.4) is 0 Å². The molecular weight excluding hydrogens is 306 g/mol. The minimum atomic E-state index is -0.192. The molecule has 0 aliphatic heterocycles. The molecule has 0 spiro atoms. The van der Waals surface area contributed by atoms with Crippen LogP contribution in [0.25, 0.3) is 0 Å². The van der Waals surface area contributed by atoms with E-state index in [-0.39, 0.29) is 17.6 Å². The largest absolute Gasteiger partial charge is 0.493 e. The summed E-state index contributed by atoms with van der Waals surface area (Å²) in [6.45, 7) is 8.38. The number of rotatable bonds is 6. The summed E-state index contributed by atoms with van der Waals surface area (Å²) in [6.07, 6.45) is 3.14. The first-order chi connectivity index (χ1) is 11.3. The maximum absolute atomic E-state index is 12.2. The van der Waals surface area contributed by atoms with Crippen LogP contribution in [0.1, 0.15) is 38.1 Å². The highest BCUT2D eigenvalue weighted by atomic mass is 16.5. The first-order valence-electron chi connectivity index (χ1n) is 7.94. The summed E-state index contributed by atoms with van der Waals surface area (Å²) in [5.74, 6) is 1.16. The molecule has 1 amide bonds. The molecule has 0 aliphatic carbocycles. The van der Waals surface area contributed by atoms with Gasteiger partial charge in [-0.3, -0.25) is 9.48 Å². The Kier molecular flexibility index (Phi) is 5.49. The molecule has 2 aromatic rings. The standard InChI is InChI=1S/C18H25N3O3/c1-13(24-16-9-7-6-8-15(16)23-5)10-19-17(22)14-11-20-21(12-14)18(2,3)4/h6-9,11-13H,10H2,1-5H3,(H,19,22). The highest BCUT2D eigenvalue weighted by molar-refractivity contribution is 5.93. The van der Waals surface area contributed by atoms with E-state index in [0.29, 0.717) is 23.6 Å². The molecule has 1 aromatic carbocycles. The molecule has 24 heavy (non-hydrogen) atoms. The van der Waals surface area contributed by atoms with Crippen molar-refractivity contribution in [2.45, 2.75) is 39.3 Å². The number of benzene rings is 1. The van der Waals surface area contributed by atoms with E-state index >= 15 is 0 Å². The van der Waals surface area contributed by atoms with Crippen molar-refractivity contribution >= 4 is 5.91 Å². The van der Waals surface area contributed by atoms with Gasteiger partial charge in [0.05, 0.1) is 31.0 Å². The molecular formula is C18H25N3O3. The molecule has 0 fully saturated rings. The second kappa shape index (κ2) is 7.38. The van der Waals surface area contributed by atoms with E-state index in [4.69, 9.17) is 9.47 Å². The Bertz CT molecular complexity index is 689. The normalized spacial score (nSPS) is 12.5. The number of para-hydroxylation sites is 2. The molecule has 0 aliphatic rings. The Morgan fingerprint density at radius 3 is 2.54 bits per heavy atom. The van der Waals surface area contributed by atoms with Crippen LogP contribution in [0.4, 0.5) is 0 Å². The lowest BCUT2D eigenvalue weighted by Gasteiger charge is -2.18. The molecule has 1 aromatic heterocycles. The lowest BCUT2D eigenvalue weighted by molar-refractivity contribution is 0.0931. The number of hydrogen-bond donors (Lipinski definition) is 1. The van der Waals surface area contributed by atoms with E-state index < -0.39 is 0 Å². The Hall–Kier alpha value is -2.50. The summed E-state index contributed by atoms with van der Waals surface area (Å²) in [6, 6.07) is 7.43. The predicted octanol–water partition coefficient (Wildman–Crippen LogP) is 2.84. The Balaban J connectivity index is 1.90. The summed E-state index contributed by atoms with van der Waals surface area (Å²) in [4.78, 5) is 12.2. The van der Waals surface area contributed by atoms with Crippen molar-refractivity contribution in [3.05, 3.63) is 42.2 Å². The van der Waals surface area contributed by atoms with Crippen LogP contribution < -0.4 is 14.8 Å². The molecule has 1 unspecified atom stereocenters. The zero-order valence-electron chi connectivity index (χ0n) is 14.9. The minimum Gasteiger partial charge on any atom is -0.493 e. The van der Waals surface area contributed by atoms with Crippen LogP contribution in [0.5, 0.6) is 11.5 Å². The number of hydrogen-bond acceptors (Lipinski definition) is 4. The smallest absolute Gasteiger partial charge is 0.254 e. The fraction of sp³-hybridized carbons (Fsp3) is 0.444. The molecule has 130 valence electrons. The van der Waals surface area contributed by atoms with E-state index in [1.165, 1.54) is 0 Å². The SMILES string of the molecule is COc1ccccc1OC(C)CNC(=O)c1cnn(C(C)(C)C)c1. The Morgan fingerprint density at radius 1 is 1.29 bits per heavy atom. The summed E-state index contributed by atoms with van der Waals surface area (Å²) in [5.41, 5.74) is 0.383. The Morgan fingerprint density at radius 2 is 1.96 bits per heavy atom. The van der Waals surface area contributed by atoms with Gasteiger partial charge in [-0.2, -0.15) is 5.10 Å². The second-order valence-corrected chi connectivity index (χ2v) is 6.63. The number of nitrogens with zero attached hydrogens (tertiary/aromatic N) is 2.